The standard InChI is InChI=1S/C17H23N2OS2/c1-4-5-8-19-14-11-13(20-3)6-7-15(14)22-17(19)12-16-18(2)9-10-21-16/h6-7,11-12H,4-5,8-10H2,1-3H3/q+1. The Hall–Kier alpha value is -1.20. The van der Waals surface area contributed by atoms with Crippen molar-refractivity contribution in [3.8, 4) is 5.75 Å². The minimum Gasteiger partial charge on any atom is -0.497 e. The molecule has 0 saturated carbocycles. The zero-order chi connectivity index (χ0) is 15.5. The topological polar surface area (TPSA) is 16.4 Å². The van der Waals surface area contributed by atoms with E-state index < -0.39 is 0 Å². The van der Waals surface area contributed by atoms with E-state index in [-0.39, 0.29) is 0 Å². The minimum absolute atomic E-state index is 0.933. The molecule has 0 atom stereocenters. The molecule has 0 spiro atoms. The number of hydrogen-bond donors (Lipinski definition) is 0. The van der Waals surface area contributed by atoms with Gasteiger partial charge in [-0.3, -0.25) is 0 Å². The summed E-state index contributed by atoms with van der Waals surface area (Å²) in [6, 6.07) is 6.39. The van der Waals surface area contributed by atoms with E-state index in [4.69, 9.17) is 4.74 Å². The normalized spacial score (nSPS) is 16.9. The molecular weight excluding hydrogens is 312 g/mol. The highest BCUT2D eigenvalue weighted by atomic mass is 32.2. The first-order chi connectivity index (χ1) is 10.7. The molecule has 22 heavy (non-hydrogen) atoms. The van der Waals surface area contributed by atoms with E-state index in [1.54, 1.807) is 7.11 Å². The summed E-state index contributed by atoms with van der Waals surface area (Å²) < 4.78 is 9.18. The Morgan fingerprint density at radius 2 is 2.27 bits per heavy atom. The molecule has 3 nitrogen and oxygen atoms in total. The van der Waals surface area contributed by atoms with Gasteiger partial charge in [-0.2, -0.15) is 4.57 Å². The number of fused-ring (bicyclic) bond motifs is 1. The lowest BCUT2D eigenvalue weighted by molar-refractivity contribution is -0.669. The van der Waals surface area contributed by atoms with E-state index in [0.717, 1.165) is 18.8 Å². The lowest BCUT2D eigenvalue weighted by atomic mass is 10.3. The van der Waals surface area contributed by atoms with Gasteiger partial charge in [-0.25, -0.2) is 0 Å². The average Bonchev–Trinajstić information content (AvgIpc) is 3.08. The fraction of sp³-hybridized carbons (Fsp3) is 0.471. The van der Waals surface area contributed by atoms with Gasteiger partial charge in [0.15, 0.2) is 6.54 Å². The van der Waals surface area contributed by atoms with Crippen LogP contribution in [0.4, 0.5) is 0 Å². The number of thiazole rings is 1. The van der Waals surface area contributed by atoms with Crippen molar-refractivity contribution in [2.24, 2.45) is 0 Å². The lowest BCUT2D eigenvalue weighted by Gasteiger charge is -2.09. The Balaban J connectivity index is 2.07. The third-order valence-corrected chi connectivity index (χ3v) is 6.20. The quantitative estimate of drug-likeness (QED) is 0.769. The second-order valence-electron chi connectivity index (χ2n) is 5.53. The van der Waals surface area contributed by atoms with Gasteiger partial charge in [0.1, 0.15) is 10.4 Å². The molecule has 118 valence electrons. The SMILES string of the molecule is CCCC[n+]1c(C=C2SCCN2C)sc2ccc(OC)cc21. The second kappa shape index (κ2) is 6.92. The number of methoxy groups -OCH3 is 1. The maximum Gasteiger partial charge on any atom is 0.265 e. The van der Waals surface area contributed by atoms with Gasteiger partial charge in [0.25, 0.3) is 5.01 Å². The number of hydrogen-bond acceptors (Lipinski definition) is 4. The highest BCUT2D eigenvalue weighted by Gasteiger charge is 2.22. The summed E-state index contributed by atoms with van der Waals surface area (Å²) in [4.78, 5) is 2.35. The van der Waals surface area contributed by atoms with E-state index in [0.29, 0.717) is 0 Å². The molecule has 5 heteroatoms. The zero-order valence-electron chi connectivity index (χ0n) is 13.5. The zero-order valence-corrected chi connectivity index (χ0v) is 15.1. The summed E-state index contributed by atoms with van der Waals surface area (Å²) in [6.45, 7) is 4.45. The number of rotatable bonds is 5. The van der Waals surface area contributed by atoms with Gasteiger partial charge in [-0.05, 0) is 12.1 Å². The van der Waals surface area contributed by atoms with Crippen LogP contribution < -0.4 is 9.30 Å². The molecule has 2 aromatic rings. The molecule has 1 aliphatic heterocycles. The van der Waals surface area contributed by atoms with Crippen LogP contribution in [-0.2, 0) is 6.54 Å². The highest BCUT2D eigenvalue weighted by molar-refractivity contribution is 8.03. The van der Waals surface area contributed by atoms with Gasteiger partial charge in [-0.1, -0.05) is 24.7 Å². The van der Waals surface area contributed by atoms with Gasteiger partial charge < -0.3 is 9.64 Å². The molecule has 0 amide bonds. The summed E-state index contributed by atoms with van der Waals surface area (Å²) >= 11 is 3.82. The molecule has 1 aromatic carbocycles. The number of nitrogens with zero attached hydrogens (tertiary/aromatic N) is 2. The number of aryl methyl sites for hydroxylation is 1. The summed E-state index contributed by atoms with van der Waals surface area (Å²) in [5, 5.41) is 2.72. The highest BCUT2D eigenvalue weighted by Crippen LogP contribution is 2.31. The number of benzene rings is 1. The van der Waals surface area contributed by atoms with Crippen molar-refractivity contribution in [2.45, 2.75) is 26.3 Å². The molecule has 2 heterocycles. The number of thioether (sulfide) groups is 1. The number of aromatic nitrogens is 1. The van der Waals surface area contributed by atoms with Crippen LogP contribution in [0.5, 0.6) is 5.75 Å². The van der Waals surface area contributed by atoms with E-state index in [9.17, 15) is 0 Å². The Bertz CT molecular complexity index is 693. The van der Waals surface area contributed by atoms with Gasteiger partial charge >= 0.3 is 0 Å². The summed E-state index contributed by atoms with van der Waals surface area (Å²) in [7, 11) is 3.91. The van der Waals surface area contributed by atoms with E-state index in [1.165, 1.54) is 38.8 Å². The predicted octanol–water partition coefficient (Wildman–Crippen LogP) is 3.97. The molecule has 0 radical (unpaired) electrons. The Morgan fingerprint density at radius 1 is 1.41 bits per heavy atom. The van der Waals surface area contributed by atoms with Crippen LogP contribution in [0, 0.1) is 0 Å². The van der Waals surface area contributed by atoms with Gasteiger partial charge in [0.2, 0.25) is 5.52 Å². The largest absolute Gasteiger partial charge is 0.497 e. The van der Waals surface area contributed by atoms with Crippen molar-refractivity contribution in [3.05, 3.63) is 28.2 Å². The van der Waals surface area contributed by atoms with Crippen LogP contribution in [0.15, 0.2) is 23.2 Å². The molecule has 1 aliphatic rings. The average molecular weight is 336 g/mol. The van der Waals surface area contributed by atoms with Gasteiger partial charge in [0, 0.05) is 25.8 Å². The first-order valence-corrected chi connectivity index (χ1v) is 9.59. The first-order valence-electron chi connectivity index (χ1n) is 7.79. The Morgan fingerprint density at radius 3 is 2.95 bits per heavy atom. The molecule has 1 aromatic heterocycles. The predicted molar refractivity (Wildman–Crippen MR) is 96.5 cm³/mol. The van der Waals surface area contributed by atoms with Crippen LogP contribution in [0.3, 0.4) is 0 Å². The number of unbranched alkanes of at least 4 members (excludes halogenated alkanes) is 1. The third-order valence-electron chi connectivity index (χ3n) is 3.97. The van der Waals surface area contributed by atoms with Crippen LogP contribution in [0.1, 0.15) is 24.8 Å². The fourth-order valence-corrected chi connectivity index (χ4v) is 4.89. The monoisotopic (exact) mass is 335 g/mol. The van der Waals surface area contributed by atoms with Crippen molar-refractivity contribution in [1.82, 2.24) is 4.90 Å². The summed E-state index contributed by atoms with van der Waals surface area (Å²) in [5.74, 6) is 2.12. The molecule has 0 unspecified atom stereocenters. The molecular formula is C17H23N2OS2+. The minimum atomic E-state index is 0.933. The van der Waals surface area contributed by atoms with E-state index >= 15 is 0 Å². The third kappa shape index (κ3) is 3.10. The van der Waals surface area contributed by atoms with E-state index in [1.807, 2.05) is 23.1 Å². The van der Waals surface area contributed by atoms with Crippen molar-refractivity contribution < 1.29 is 9.30 Å². The van der Waals surface area contributed by atoms with Crippen LogP contribution >= 0.6 is 23.1 Å². The molecule has 0 N–H and O–H groups in total. The van der Waals surface area contributed by atoms with Gasteiger partial charge in [-0.15, -0.1) is 11.8 Å². The maximum absolute atomic E-state index is 5.41. The van der Waals surface area contributed by atoms with Crippen LogP contribution in [-0.4, -0.2) is 31.4 Å². The van der Waals surface area contributed by atoms with E-state index in [2.05, 4.69) is 47.7 Å². The molecule has 1 fully saturated rings. The first kappa shape index (κ1) is 15.7. The fourth-order valence-electron chi connectivity index (χ4n) is 2.63. The maximum atomic E-state index is 5.41. The van der Waals surface area contributed by atoms with Crippen molar-refractivity contribution in [1.29, 1.82) is 0 Å². The molecule has 0 bridgehead atoms. The van der Waals surface area contributed by atoms with Crippen molar-refractivity contribution in [2.75, 3.05) is 26.5 Å². The second-order valence-corrected chi connectivity index (χ2v) is 7.71. The Kier molecular flexibility index (Phi) is 4.93. The lowest BCUT2D eigenvalue weighted by Crippen LogP contribution is -2.35. The number of ether oxygens (including phenoxy) is 1. The summed E-state index contributed by atoms with van der Waals surface area (Å²) in [5.41, 5.74) is 1.29. The summed E-state index contributed by atoms with van der Waals surface area (Å²) in [6.07, 6.45) is 4.76. The van der Waals surface area contributed by atoms with Crippen LogP contribution in [0.25, 0.3) is 16.3 Å². The van der Waals surface area contributed by atoms with Crippen molar-refractivity contribution >= 4 is 39.4 Å². The smallest absolute Gasteiger partial charge is 0.265 e. The van der Waals surface area contributed by atoms with Crippen molar-refractivity contribution in [3.63, 3.8) is 0 Å². The molecule has 0 aliphatic carbocycles. The van der Waals surface area contributed by atoms with Crippen LogP contribution in [0.2, 0.25) is 0 Å². The van der Waals surface area contributed by atoms with Gasteiger partial charge in [0.05, 0.1) is 24.3 Å². The molecule has 3 rings (SSSR count). The Labute approximate surface area is 140 Å². The molecule has 1 saturated heterocycles.